The number of hydrogen-bond acceptors (Lipinski definition) is 4. The highest BCUT2D eigenvalue weighted by atomic mass is 35.5. The molecule has 1 aromatic carbocycles. The third-order valence-electron chi connectivity index (χ3n) is 2.89. The Bertz CT molecular complexity index is 413. The van der Waals surface area contributed by atoms with Gasteiger partial charge in [0.15, 0.2) is 0 Å². The van der Waals surface area contributed by atoms with Crippen LogP contribution >= 0.6 is 11.6 Å². The highest BCUT2D eigenvalue weighted by Crippen LogP contribution is 2.16. The van der Waals surface area contributed by atoms with E-state index in [0.29, 0.717) is 11.4 Å². The largest absolute Gasteiger partial charge is 0.394 e. The summed E-state index contributed by atoms with van der Waals surface area (Å²) in [6.07, 6.45) is 0.607. The molecule has 106 valence electrons. The predicted octanol–water partition coefficient (Wildman–Crippen LogP) is 0.105. The molecule has 0 bridgehead atoms. The van der Waals surface area contributed by atoms with Gasteiger partial charge in [0.05, 0.1) is 19.8 Å². The molecule has 0 aromatic heterocycles. The van der Waals surface area contributed by atoms with Crippen LogP contribution < -0.4 is 5.32 Å². The summed E-state index contributed by atoms with van der Waals surface area (Å²) >= 11 is 5.97. The van der Waals surface area contributed by atoms with E-state index < -0.39 is 25.4 Å². The molecule has 6 heteroatoms. The summed E-state index contributed by atoms with van der Waals surface area (Å²) in [5.74, 6) is -0.364. The molecule has 0 radical (unpaired) electrons. The summed E-state index contributed by atoms with van der Waals surface area (Å²) in [6.45, 7) is -1.59. The van der Waals surface area contributed by atoms with Crippen LogP contribution in [0.5, 0.6) is 0 Å². The number of aliphatic hydroxyl groups is 3. The van der Waals surface area contributed by atoms with Crippen LogP contribution in [0.4, 0.5) is 0 Å². The molecule has 19 heavy (non-hydrogen) atoms. The zero-order valence-corrected chi connectivity index (χ0v) is 11.2. The van der Waals surface area contributed by atoms with Gasteiger partial charge in [0.2, 0.25) is 5.91 Å². The van der Waals surface area contributed by atoms with Crippen LogP contribution in [0.25, 0.3) is 0 Å². The van der Waals surface area contributed by atoms with Crippen molar-refractivity contribution in [3.8, 4) is 0 Å². The molecular weight excluding hydrogens is 270 g/mol. The molecule has 0 heterocycles. The van der Waals surface area contributed by atoms with E-state index in [9.17, 15) is 4.79 Å². The normalized spacial score (nSPS) is 11.4. The monoisotopic (exact) mass is 287 g/mol. The fraction of sp³-hybridized carbons (Fsp3) is 0.462. The first-order chi connectivity index (χ1) is 9.06. The maximum Gasteiger partial charge on any atom is 0.220 e. The van der Waals surface area contributed by atoms with E-state index in [2.05, 4.69) is 5.32 Å². The summed E-state index contributed by atoms with van der Waals surface area (Å²) < 4.78 is 0. The summed E-state index contributed by atoms with van der Waals surface area (Å²) in [5, 5.41) is 30.3. The van der Waals surface area contributed by atoms with E-state index in [1.54, 1.807) is 12.1 Å². The lowest BCUT2D eigenvalue weighted by atomic mass is 10.0. The quantitative estimate of drug-likeness (QED) is 0.573. The van der Waals surface area contributed by atoms with Gasteiger partial charge in [-0.25, -0.2) is 0 Å². The standard InChI is InChI=1S/C13H18ClNO4/c14-11-4-2-1-3-10(11)5-6-12(19)15-13(7-16,8-17)9-18/h1-4,16-18H,5-9H2,(H,15,19). The van der Waals surface area contributed by atoms with Gasteiger partial charge >= 0.3 is 0 Å². The number of amides is 1. The molecule has 1 rings (SSSR count). The smallest absolute Gasteiger partial charge is 0.220 e. The lowest BCUT2D eigenvalue weighted by molar-refractivity contribution is -0.125. The number of rotatable bonds is 7. The van der Waals surface area contributed by atoms with Crippen molar-refractivity contribution < 1.29 is 20.1 Å². The fourth-order valence-corrected chi connectivity index (χ4v) is 1.81. The average Bonchev–Trinajstić information content (AvgIpc) is 2.44. The van der Waals surface area contributed by atoms with Crippen LogP contribution in [0, 0.1) is 0 Å². The van der Waals surface area contributed by atoms with Crippen LogP contribution in [-0.2, 0) is 11.2 Å². The Labute approximate surface area is 116 Å². The summed E-state index contributed by atoms with van der Waals surface area (Å²) in [4.78, 5) is 11.7. The van der Waals surface area contributed by atoms with Gasteiger partial charge < -0.3 is 20.6 Å². The molecular formula is C13H18ClNO4. The summed E-state index contributed by atoms with van der Waals surface area (Å²) in [7, 11) is 0. The van der Waals surface area contributed by atoms with Gasteiger partial charge in [-0.3, -0.25) is 4.79 Å². The van der Waals surface area contributed by atoms with Crippen molar-refractivity contribution in [2.24, 2.45) is 0 Å². The van der Waals surface area contributed by atoms with Gasteiger partial charge in [0.1, 0.15) is 5.54 Å². The van der Waals surface area contributed by atoms with Crippen molar-refractivity contribution in [2.45, 2.75) is 18.4 Å². The van der Waals surface area contributed by atoms with Crippen LogP contribution in [-0.4, -0.2) is 46.6 Å². The minimum atomic E-state index is -1.38. The lowest BCUT2D eigenvalue weighted by Gasteiger charge is -2.28. The van der Waals surface area contributed by atoms with Crippen molar-refractivity contribution in [1.82, 2.24) is 5.32 Å². The number of halogens is 1. The van der Waals surface area contributed by atoms with Crippen molar-refractivity contribution >= 4 is 17.5 Å². The van der Waals surface area contributed by atoms with Gasteiger partial charge in [-0.15, -0.1) is 0 Å². The molecule has 0 fully saturated rings. The predicted molar refractivity (Wildman–Crippen MR) is 71.9 cm³/mol. The fourth-order valence-electron chi connectivity index (χ4n) is 1.58. The first-order valence-corrected chi connectivity index (χ1v) is 6.31. The van der Waals surface area contributed by atoms with Crippen molar-refractivity contribution in [1.29, 1.82) is 0 Å². The second-order valence-corrected chi connectivity index (χ2v) is 4.80. The van der Waals surface area contributed by atoms with Gasteiger partial charge in [-0.05, 0) is 18.1 Å². The molecule has 1 amide bonds. The Kier molecular flexibility index (Phi) is 6.24. The third-order valence-corrected chi connectivity index (χ3v) is 3.26. The number of hydrogen-bond donors (Lipinski definition) is 4. The second kappa shape index (κ2) is 7.45. The molecule has 0 saturated carbocycles. The SMILES string of the molecule is O=C(CCc1ccccc1Cl)NC(CO)(CO)CO. The number of benzene rings is 1. The van der Waals surface area contributed by atoms with Gasteiger partial charge in [0.25, 0.3) is 0 Å². The van der Waals surface area contributed by atoms with Gasteiger partial charge in [-0.1, -0.05) is 29.8 Å². The molecule has 0 aliphatic rings. The lowest BCUT2D eigenvalue weighted by Crippen LogP contribution is -2.57. The highest BCUT2D eigenvalue weighted by molar-refractivity contribution is 6.31. The molecule has 0 unspecified atom stereocenters. The van der Waals surface area contributed by atoms with E-state index in [4.69, 9.17) is 26.9 Å². The van der Waals surface area contributed by atoms with Crippen molar-refractivity contribution in [2.75, 3.05) is 19.8 Å². The Hall–Kier alpha value is -1.14. The van der Waals surface area contributed by atoms with Crippen LogP contribution in [0.15, 0.2) is 24.3 Å². The first kappa shape index (κ1) is 15.9. The summed E-state index contributed by atoms with van der Waals surface area (Å²) in [6, 6.07) is 7.21. The Balaban J connectivity index is 2.54. The highest BCUT2D eigenvalue weighted by Gasteiger charge is 2.29. The second-order valence-electron chi connectivity index (χ2n) is 4.39. The van der Waals surface area contributed by atoms with E-state index in [-0.39, 0.29) is 12.3 Å². The number of nitrogens with one attached hydrogen (secondary N) is 1. The van der Waals surface area contributed by atoms with Crippen LogP contribution in [0.2, 0.25) is 5.02 Å². The molecule has 5 nitrogen and oxygen atoms in total. The zero-order valence-electron chi connectivity index (χ0n) is 10.5. The number of aliphatic hydroxyl groups excluding tert-OH is 3. The van der Waals surface area contributed by atoms with Crippen molar-refractivity contribution in [3.05, 3.63) is 34.9 Å². The Morgan fingerprint density at radius 3 is 2.26 bits per heavy atom. The molecule has 0 aliphatic carbocycles. The number of aryl methyl sites for hydroxylation is 1. The maximum atomic E-state index is 11.7. The maximum absolute atomic E-state index is 11.7. The first-order valence-electron chi connectivity index (χ1n) is 5.94. The van der Waals surface area contributed by atoms with Gasteiger partial charge in [0, 0.05) is 11.4 Å². The molecule has 0 spiro atoms. The van der Waals surface area contributed by atoms with E-state index in [0.717, 1.165) is 5.56 Å². The zero-order chi connectivity index (χ0) is 14.3. The summed E-state index contributed by atoms with van der Waals surface area (Å²) in [5.41, 5.74) is -0.528. The third kappa shape index (κ3) is 4.47. The molecule has 4 N–H and O–H groups in total. The van der Waals surface area contributed by atoms with Gasteiger partial charge in [-0.2, -0.15) is 0 Å². The Morgan fingerprint density at radius 1 is 1.16 bits per heavy atom. The number of carbonyl (C=O) groups excluding carboxylic acids is 1. The average molecular weight is 288 g/mol. The molecule has 0 atom stereocenters. The number of carbonyl (C=O) groups is 1. The van der Waals surface area contributed by atoms with E-state index in [1.165, 1.54) is 0 Å². The minimum absolute atomic E-state index is 0.158. The molecule has 1 aromatic rings. The van der Waals surface area contributed by atoms with Crippen LogP contribution in [0.3, 0.4) is 0 Å². The van der Waals surface area contributed by atoms with Crippen molar-refractivity contribution in [3.63, 3.8) is 0 Å². The van der Waals surface area contributed by atoms with E-state index in [1.807, 2.05) is 12.1 Å². The van der Waals surface area contributed by atoms with Crippen LogP contribution in [0.1, 0.15) is 12.0 Å². The molecule has 0 saturated heterocycles. The topological polar surface area (TPSA) is 89.8 Å². The minimum Gasteiger partial charge on any atom is -0.394 e. The Morgan fingerprint density at radius 2 is 1.74 bits per heavy atom. The molecule has 0 aliphatic heterocycles. The van der Waals surface area contributed by atoms with E-state index >= 15 is 0 Å².